The van der Waals surface area contributed by atoms with E-state index in [9.17, 15) is 0 Å². The molecule has 0 bridgehead atoms. The lowest BCUT2D eigenvalue weighted by Gasteiger charge is -2.32. The van der Waals surface area contributed by atoms with E-state index in [2.05, 4.69) is 62.7 Å². The number of aromatic nitrogens is 4. The molecule has 0 atom stereocenters. The molecule has 1 fully saturated rings. The SMILES string of the molecule is C=C1CCC(N(C)Cc2ccc3[nH]c(-c4cc(N)nc5nc(C)[nH]c45)cc3c2)CC1. The molecule has 5 rings (SSSR count). The first-order valence-electron chi connectivity index (χ1n) is 10.6. The highest BCUT2D eigenvalue weighted by Gasteiger charge is 2.20. The Labute approximate surface area is 176 Å². The Kier molecular flexibility index (Phi) is 4.59. The molecule has 0 unspecified atom stereocenters. The van der Waals surface area contributed by atoms with Crippen molar-refractivity contribution in [2.45, 2.75) is 45.2 Å². The molecule has 4 aromatic rings. The molecule has 1 aromatic carbocycles. The van der Waals surface area contributed by atoms with Crippen molar-refractivity contribution in [2.75, 3.05) is 12.8 Å². The number of hydrogen-bond donors (Lipinski definition) is 3. The zero-order valence-corrected chi connectivity index (χ0v) is 17.6. The molecule has 4 N–H and O–H groups in total. The number of allylic oxidation sites excluding steroid dienone is 1. The van der Waals surface area contributed by atoms with Crippen LogP contribution >= 0.6 is 0 Å². The van der Waals surface area contributed by atoms with Crippen LogP contribution < -0.4 is 5.73 Å². The summed E-state index contributed by atoms with van der Waals surface area (Å²) in [6.45, 7) is 7.03. The van der Waals surface area contributed by atoms with Crippen LogP contribution in [0.5, 0.6) is 0 Å². The summed E-state index contributed by atoms with van der Waals surface area (Å²) in [4.78, 5) is 18.1. The van der Waals surface area contributed by atoms with Crippen LogP contribution in [0.15, 0.2) is 42.5 Å². The number of pyridine rings is 1. The second-order valence-electron chi connectivity index (χ2n) is 8.62. The number of imidazole rings is 1. The Bertz CT molecular complexity index is 1240. The quantitative estimate of drug-likeness (QED) is 0.424. The number of nitrogens with zero attached hydrogens (tertiary/aromatic N) is 3. The molecule has 3 aromatic heterocycles. The third-order valence-electron chi connectivity index (χ3n) is 6.29. The molecular formula is C24H28N6. The van der Waals surface area contributed by atoms with Gasteiger partial charge in [0, 0.05) is 34.7 Å². The number of hydrogen-bond acceptors (Lipinski definition) is 4. The first-order valence-corrected chi connectivity index (χ1v) is 10.6. The highest BCUT2D eigenvalue weighted by Crippen LogP contribution is 2.31. The van der Waals surface area contributed by atoms with Gasteiger partial charge in [-0.25, -0.2) is 9.97 Å². The summed E-state index contributed by atoms with van der Waals surface area (Å²) in [5, 5.41) is 1.20. The smallest absolute Gasteiger partial charge is 0.180 e. The van der Waals surface area contributed by atoms with Gasteiger partial charge < -0.3 is 15.7 Å². The largest absolute Gasteiger partial charge is 0.384 e. The number of fused-ring (bicyclic) bond motifs is 2. The lowest BCUT2D eigenvalue weighted by Crippen LogP contribution is -2.33. The summed E-state index contributed by atoms with van der Waals surface area (Å²) < 4.78 is 0. The minimum Gasteiger partial charge on any atom is -0.384 e. The van der Waals surface area contributed by atoms with Crippen LogP contribution in [-0.4, -0.2) is 37.9 Å². The van der Waals surface area contributed by atoms with Gasteiger partial charge in [0.15, 0.2) is 5.65 Å². The van der Waals surface area contributed by atoms with Crippen molar-refractivity contribution < 1.29 is 0 Å². The monoisotopic (exact) mass is 400 g/mol. The van der Waals surface area contributed by atoms with Gasteiger partial charge in [-0.2, -0.15) is 0 Å². The van der Waals surface area contributed by atoms with Gasteiger partial charge in [0.2, 0.25) is 0 Å². The van der Waals surface area contributed by atoms with Crippen molar-refractivity contribution in [3.8, 4) is 11.3 Å². The number of nitrogens with two attached hydrogens (primary N) is 1. The highest BCUT2D eigenvalue weighted by molar-refractivity contribution is 5.95. The Balaban J connectivity index is 1.44. The zero-order chi connectivity index (χ0) is 20.8. The van der Waals surface area contributed by atoms with E-state index in [0.29, 0.717) is 17.5 Å². The maximum absolute atomic E-state index is 6.03. The lowest BCUT2D eigenvalue weighted by molar-refractivity contribution is 0.199. The molecule has 0 radical (unpaired) electrons. The van der Waals surface area contributed by atoms with E-state index in [1.165, 1.54) is 29.4 Å². The number of nitrogen functional groups attached to an aromatic ring is 1. The van der Waals surface area contributed by atoms with Gasteiger partial charge in [-0.05, 0) is 69.5 Å². The maximum Gasteiger partial charge on any atom is 0.180 e. The molecule has 1 aliphatic carbocycles. The molecule has 0 saturated heterocycles. The number of aromatic amines is 2. The van der Waals surface area contributed by atoms with Crippen LogP contribution in [0, 0.1) is 6.92 Å². The van der Waals surface area contributed by atoms with Crippen molar-refractivity contribution in [3.05, 3.63) is 53.9 Å². The minimum absolute atomic E-state index is 0.472. The van der Waals surface area contributed by atoms with Crippen molar-refractivity contribution >= 4 is 27.9 Å². The maximum atomic E-state index is 6.03. The van der Waals surface area contributed by atoms with Gasteiger partial charge in [0.1, 0.15) is 11.6 Å². The second-order valence-corrected chi connectivity index (χ2v) is 8.62. The van der Waals surface area contributed by atoms with E-state index >= 15 is 0 Å². The number of rotatable bonds is 4. The first kappa shape index (κ1) is 18.9. The van der Waals surface area contributed by atoms with Crippen molar-refractivity contribution in [1.29, 1.82) is 0 Å². The predicted molar refractivity (Wildman–Crippen MR) is 123 cm³/mol. The average Bonchev–Trinajstić information content (AvgIpc) is 3.29. The molecule has 3 heterocycles. The van der Waals surface area contributed by atoms with Crippen molar-refractivity contribution in [2.24, 2.45) is 0 Å². The van der Waals surface area contributed by atoms with Crippen LogP contribution in [0.1, 0.15) is 37.1 Å². The van der Waals surface area contributed by atoms with Gasteiger partial charge in [-0.3, -0.25) is 4.90 Å². The van der Waals surface area contributed by atoms with Crippen LogP contribution in [0.2, 0.25) is 0 Å². The van der Waals surface area contributed by atoms with Crippen LogP contribution in [0.3, 0.4) is 0 Å². The molecule has 1 saturated carbocycles. The fourth-order valence-electron chi connectivity index (χ4n) is 4.63. The average molecular weight is 401 g/mol. The standard InChI is InChI=1S/C24H28N6/c1-14-4-7-18(8-5-14)30(3)13-16-6-9-20-17(10-16)11-21(28-20)19-12-22(25)29-24-23(19)26-15(2)27-24/h6,9-12,18,28H,1,4-5,7-8,13H2,2-3H3,(H3,25,26,27,29). The van der Waals surface area contributed by atoms with E-state index in [1.807, 2.05) is 13.0 Å². The number of benzene rings is 1. The molecule has 6 nitrogen and oxygen atoms in total. The Hall–Kier alpha value is -3.12. The molecule has 0 aliphatic heterocycles. The fourth-order valence-corrected chi connectivity index (χ4v) is 4.63. The van der Waals surface area contributed by atoms with E-state index in [-0.39, 0.29) is 0 Å². The normalized spacial score (nSPS) is 15.6. The van der Waals surface area contributed by atoms with Crippen molar-refractivity contribution in [3.63, 3.8) is 0 Å². The van der Waals surface area contributed by atoms with Crippen LogP contribution in [0.4, 0.5) is 5.82 Å². The Morgan fingerprint density at radius 2 is 1.93 bits per heavy atom. The summed E-state index contributed by atoms with van der Waals surface area (Å²) in [6.07, 6.45) is 4.75. The molecular weight excluding hydrogens is 372 g/mol. The molecule has 154 valence electrons. The van der Waals surface area contributed by atoms with E-state index in [4.69, 9.17) is 5.73 Å². The van der Waals surface area contributed by atoms with Gasteiger partial charge >= 0.3 is 0 Å². The number of aryl methyl sites for hydroxylation is 1. The predicted octanol–water partition coefficient (Wildman–Crippen LogP) is 4.93. The van der Waals surface area contributed by atoms with Crippen molar-refractivity contribution in [1.82, 2.24) is 24.8 Å². The fraction of sp³-hybridized carbons (Fsp3) is 0.333. The molecule has 30 heavy (non-hydrogen) atoms. The topological polar surface area (TPSA) is 86.6 Å². The van der Waals surface area contributed by atoms with Gasteiger partial charge in [-0.1, -0.05) is 18.2 Å². The Morgan fingerprint density at radius 1 is 1.13 bits per heavy atom. The lowest BCUT2D eigenvalue weighted by atomic mass is 9.91. The van der Waals surface area contributed by atoms with Gasteiger partial charge in [0.25, 0.3) is 0 Å². The second kappa shape index (κ2) is 7.29. The summed E-state index contributed by atoms with van der Waals surface area (Å²) in [7, 11) is 2.24. The molecule has 1 aliphatic rings. The third-order valence-corrected chi connectivity index (χ3v) is 6.29. The van der Waals surface area contributed by atoms with Gasteiger partial charge in [-0.15, -0.1) is 0 Å². The summed E-state index contributed by atoms with van der Waals surface area (Å²) in [5.74, 6) is 1.30. The van der Waals surface area contributed by atoms with Gasteiger partial charge in [0.05, 0.1) is 5.52 Å². The molecule has 0 spiro atoms. The number of anilines is 1. The minimum atomic E-state index is 0.472. The highest BCUT2D eigenvalue weighted by atomic mass is 15.1. The van der Waals surface area contributed by atoms with Crippen LogP contribution in [-0.2, 0) is 6.54 Å². The van der Waals surface area contributed by atoms with E-state index in [1.54, 1.807) is 0 Å². The first-order chi connectivity index (χ1) is 14.5. The number of nitrogens with one attached hydrogen (secondary N) is 2. The third kappa shape index (κ3) is 3.48. The Morgan fingerprint density at radius 3 is 2.73 bits per heavy atom. The zero-order valence-electron chi connectivity index (χ0n) is 17.6. The summed E-state index contributed by atoms with van der Waals surface area (Å²) in [6, 6.07) is 11.4. The van der Waals surface area contributed by atoms with E-state index < -0.39 is 0 Å². The summed E-state index contributed by atoms with van der Waals surface area (Å²) in [5.41, 5.74) is 13.5. The summed E-state index contributed by atoms with van der Waals surface area (Å²) >= 11 is 0. The molecule has 6 heteroatoms. The number of H-pyrrole nitrogens is 2. The van der Waals surface area contributed by atoms with Crippen LogP contribution in [0.25, 0.3) is 33.3 Å². The molecule has 0 amide bonds. The van der Waals surface area contributed by atoms with E-state index in [0.717, 1.165) is 47.5 Å².